The van der Waals surface area contributed by atoms with E-state index in [2.05, 4.69) is 30.9 Å². The van der Waals surface area contributed by atoms with Gasteiger partial charge in [0.2, 0.25) is 5.91 Å². The second-order valence-electron chi connectivity index (χ2n) is 6.66. The van der Waals surface area contributed by atoms with Crippen molar-refractivity contribution in [1.29, 1.82) is 0 Å². The molecule has 0 radical (unpaired) electrons. The summed E-state index contributed by atoms with van der Waals surface area (Å²) < 4.78 is 23.4. The number of hydrogen-bond donors (Lipinski definition) is 3. The van der Waals surface area contributed by atoms with Crippen LogP contribution in [0, 0.1) is 5.92 Å². The maximum Gasteiger partial charge on any atom is 0.273 e. The van der Waals surface area contributed by atoms with Crippen molar-refractivity contribution in [2.24, 2.45) is 13.0 Å². The summed E-state index contributed by atoms with van der Waals surface area (Å²) in [5.74, 6) is -0.482. The quantitative estimate of drug-likeness (QED) is 0.580. The van der Waals surface area contributed by atoms with Crippen molar-refractivity contribution in [1.82, 2.24) is 30.3 Å². The number of nitrogens with one attached hydrogen (secondary N) is 3. The Bertz CT molecular complexity index is 1170. The van der Waals surface area contributed by atoms with Crippen molar-refractivity contribution in [2.45, 2.75) is 12.8 Å². The molecular formula is C19H20N8O2. The Hall–Kier alpha value is -3.82. The molecule has 0 saturated heterocycles. The van der Waals surface area contributed by atoms with Gasteiger partial charge in [0.1, 0.15) is 6.33 Å². The number of carbonyl (C=O) groups is 2. The van der Waals surface area contributed by atoms with Gasteiger partial charge in [0.05, 0.1) is 5.69 Å². The molecule has 10 nitrogen and oxygen atoms in total. The van der Waals surface area contributed by atoms with Gasteiger partial charge < -0.3 is 16.0 Å². The van der Waals surface area contributed by atoms with E-state index in [0.717, 1.165) is 18.4 Å². The second kappa shape index (κ2) is 7.66. The molecule has 0 unspecified atom stereocenters. The van der Waals surface area contributed by atoms with Gasteiger partial charge in [-0.15, -0.1) is 10.2 Å². The molecule has 2 amide bonds. The van der Waals surface area contributed by atoms with E-state index in [9.17, 15) is 9.59 Å². The molecule has 0 bridgehead atoms. The van der Waals surface area contributed by atoms with Crippen molar-refractivity contribution < 1.29 is 13.7 Å². The fraction of sp³-hybridized carbons (Fsp3) is 0.263. The molecule has 0 spiro atoms. The van der Waals surface area contributed by atoms with E-state index in [-0.39, 0.29) is 29.0 Å². The summed E-state index contributed by atoms with van der Waals surface area (Å²) >= 11 is 0. The lowest BCUT2D eigenvalue weighted by Gasteiger charge is -2.12. The maximum absolute atomic E-state index is 12.5. The van der Waals surface area contributed by atoms with Gasteiger partial charge in [-0.25, -0.2) is 4.98 Å². The average molecular weight is 395 g/mol. The molecule has 1 aliphatic rings. The summed E-state index contributed by atoms with van der Waals surface area (Å²) in [4.78, 5) is 28.8. The molecule has 2 aromatic heterocycles. The maximum atomic E-state index is 12.5. The highest BCUT2D eigenvalue weighted by Crippen LogP contribution is 2.30. The van der Waals surface area contributed by atoms with Gasteiger partial charge in [0.15, 0.2) is 17.3 Å². The van der Waals surface area contributed by atoms with E-state index in [1.165, 1.54) is 6.07 Å². The number of aromatic nitrogens is 5. The molecular weight excluding hydrogens is 372 g/mol. The van der Waals surface area contributed by atoms with Crippen LogP contribution in [0.15, 0.2) is 36.7 Å². The summed E-state index contributed by atoms with van der Waals surface area (Å²) in [6, 6.07) is 8.56. The van der Waals surface area contributed by atoms with E-state index in [4.69, 9.17) is 4.11 Å². The van der Waals surface area contributed by atoms with Crippen LogP contribution in [0.3, 0.4) is 0 Å². The van der Waals surface area contributed by atoms with Gasteiger partial charge in [-0.3, -0.25) is 14.3 Å². The summed E-state index contributed by atoms with van der Waals surface area (Å²) in [6.45, 7) is -2.69. The molecule has 2 heterocycles. The predicted molar refractivity (Wildman–Crippen MR) is 106 cm³/mol. The molecule has 1 fully saturated rings. The molecule has 148 valence electrons. The first kappa shape index (κ1) is 15.1. The summed E-state index contributed by atoms with van der Waals surface area (Å²) in [7, 11) is 1.76. The molecule has 29 heavy (non-hydrogen) atoms. The topological polar surface area (TPSA) is 127 Å². The number of anilines is 3. The highest BCUT2D eigenvalue weighted by molar-refractivity contribution is 5.99. The Morgan fingerprint density at radius 3 is 2.83 bits per heavy atom. The molecule has 0 aliphatic heterocycles. The predicted octanol–water partition coefficient (Wildman–Crippen LogP) is 1.72. The van der Waals surface area contributed by atoms with Gasteiger partial charge in [-0.2, -0.15) is 5.10 Å². The zero-order valence-corrected chi connectivity index (χ0v) is 15.5. The third kappa shape index (κ3) is 4.21. The zero-order chi connectivity index (χ0) is 22.9. The van der Waals surface area contributed by atoms with Crippen molar-refractivity contribution in [2.75, 3.05) is 17.6 Å². The molecule has 1 saturated carbocycles. The van der Waals surface area contributed by atoms with E-state index < -0.39 is 12.9 Å². The monoisotopic (exact) mass is 395 g/mol. The summed E-state index contributed by atoms with van der Waals surface area (Å²) in [5.41, 5.74) is 1.25. The van der Waals surface area contributed by atoms with Crippen LogP contribution in [0.4, 0.5) is 17.2 Å². The lowest BCUT2D eigenvalue weighted by molar-refractivity contribution is -0.117. The van der Waals surface area contributed by atoms with Crippen LogP contribution < -0.4 is 16.0 Å². The molecule has 3 aromatic rings. The standard InChI is InChI=1S/C19H20N8O2/c1-20-19(29)16-14(9-15(24-25-16)23-18(28)11-6-7-11)22-13-5-3-4-12(8-13)17-21-10-27(2)26-17/h3-5,8-11H,6-7H2,1-2H3,(H,20,29)(H2,22,23,24,28)/i1D3. The van der Waals surface area contributed by atoms with Gasteiger partial charge in [-0.05, 0) is 25.0 Å². The van der Waals surface area contributed by atoms with E-state index in [1.54, 1.807) is 36.3 Å². The largest absolute Gasteiger partial charge is 0.354 e. The van der Waals surface area contributed by atoms with E-state index in [1.807, 2.05) is 11.4 Å². The van der Waals surface area contributed by atoms with Crippen molar-refractivity contribution in [3.05, 3.63) is 42.4 Å². The SMILES string of the molecule is [2H]C([2H])([2H])NC(=O)c1nnc(NC(=O)C2CC2)cc1Nc1cccc(-c2ncn(C)n2)c1. The van der Waals surface area contributed by atoms with Gasteiger partial charge in [-0.1, -0.05) is 12.1 Å². The Morgan fingerprint density at radius 1 is 1.24 bits per heavy atom. The molecule has 1 aromatic carbocycles. The van der Waals surface area contributed by atoms with Crippen LogP contribution in [-0.2, 0) is 11.8 Å². The highest BCUT2D eigenvalue weighted by Gasteiger charge is 2.30. The number of carbonyl (C=O) groups excluding carboxylic acids is 2. The van der Waals surface area contributed by atoms with Gasteiger partial charge >= 0.3 is 0 Å². The molecule has 3 N–H and O–H groups in total. The fourth-order valence-electron chi connectivity index (χ4n) is 2.71. The number of amides is 2. The van der Waals surface area contributed by atoms with Crippen LogP contribution >= 0.6 is 0 Å². The average Bonchev–Trinajstić information content (AvgIpc) is 3.48. The molecule has 1 aliphatic carbocycles. The number of rotatable bonds is 6. The van der Waals surface area contributed by atoms with Crippen LogP contribution in [0.2, 0.25) is 0 Å². The minimum Gasteiger partial charge on any atom is -0.354 e. The first-order valence-corrected chi connectivity index (χ1v) is 8.92. The highest BCUT2D eigenvalue weighted by atomic mass is 16.2. The molecule has 0 atom stereocenters. The number of hydrogen-bond acceptors (Lipinski definition) is 7. The third-order valence-corrected chi connectivity index (χ3v) is 4.32. The Morgan fingerprint density at radius 2 is 2.10 bits per heavy atom. The lowest BCUT2D eigenvalue weighted by Crippen LogP contribution is -2.22. The van der Waals surface area contributed by atoms with Gasteiger partial charge in [0, 0.05) is 41.4 Å². The number of aryl methyl sites for hydroxylation is 1. The summed E-state index contributed by atoms with van der Waals surface area (Å²) in [5, 5.41) is 19.6. The minimum absolute atomic E-state index is 0.0469. The second-order valence-corrected chi connectivity index (χ2v) is 6.66. The smallest absolute Gasteiger partial charge is 0.273 e. The Kier molecular flexibility index (Phi) is 4.00. The number of benzene rings is 1. The fourth-order valence-corrected chi connectivity index (χ4v) is 2.71. The van der Waals surface area contributed by atoms with Crippen molar-refractivity contribution in [3.8, 4) is 11.4 Å². The minimum atomic E-state index is -2.69. The van der Waals surface area contributed by atoms with Crippen LogP contribution in [0.1, 0.15) is 27.4 Å². The normalized spacial score (nSPS) is 15.0. The van der Waals surface area contributed by atoms with Crippen LogP contribution in [0.25, 0.3) is 11.4 Å². The first-order valence-electron chi connectivity index (χ1n) is 10.4. The summed E-state index contributed by atoms with van der Waals surface area (Å²) in [6.07, 6.45) is 3.21. The van der Waals surface area contributed by atoms with Crippen LogP contribution in [-0.4, -0.2) is 43.8 Å². The van der Waals surface area contributed by atoms with Crippen molar-refractivity contribution in [3.63, 3.8) is 0 Å². The molecule has 4 rings (SSSR count). The van der Waals surface area contributed by atoms with Gasteiger partial charge in [0.25, 0.3) is 5.91 Å². The molecule has 10 heteroatoms. The van der Waals surface area contributed by atoms with E-state index in [0.29, 0.717) is 11.5 Å². The Balaban J connectivity index is 1.65. The Labute approximate surface area is 171 Å². The first-order chi connectivity index (χ1) is 15.2. The zero-order valence-electron chi connectivity index (χ0n) is 18.5. The number of nitrogens with zero attached hydrogens (tertiary/aromatic N) is 5. The third-order valence-electron chi connectivity index (χ3n) is 4.32. The van der Waals surface area contributed by atoms with Crippen molar-refractivity contribution >= 4 is 29.0 Å². The lowest BCUT2D eigenvalue weighted by atomic mass is 10.2. The van der Waals surface area contributed by atoms with Crippen LogP contribution in [0.5, 0.6) is 0 Å². The van der Waals surface area contributed by atoms with E-state index >= 15 is 0 Å².